The van der Waals surface area contributed by atoms with E-state index in [1.165, 1.54) is 20.0 Å². The molecule has 1 aromatic rings. The van der Waals surface area contributed by atoms with Crippen LogP contribution < -0.4 is 4.74 Å². The Balaban J connectivity index is 1.85. The molecule has 1 aliphatic carbocycles. The molecule has 0 spiro atoms. The summed E-state index contributed by atoms with van der Waals surface area (Å²) in [6.45, 7) is 0.764. The first-order valence-electron chi connectivity index (χ1n) is 8.43. The van der Waals surface area contributed by atoms with Crippen LogP contribution in [0.2, 0.25) is 0 Å². The lowest BCUT2D eigenvalue weighted by molar-refractivity contribution is -0.0264. The Morgan fingerprint density at radius 1 is 1.27 bits per heavy atom. The summed E-state index contributed by atoms with van der Waals surface area (Å²) in [6, 6.07) is 1.79. The summed E-state index contributed by atoms with van der Waals surface area (Å²) in [7, 11) is 1.51. The molecule has 0 radical (unpaired) electrons. The number of ether oxygens (including phenoxy) is 3. The lowest BCUT2D eigenvalue weighted by Crippen LogP contribution is -2.35. The van der Waals surface area contributed by atoms with Gasteiger partial charge in [-0.2, -0.15) is 0 Å². The van der Waals surface area contributed by atoms with Crippen molar-refractivity contribution in [2.24, 2.45) is 11.0 Å². The van der Waals surface area contributed by atoms with E-state index in [0.717, 1.165) is 18.2 Å². The number of benzene rings is 1. The molecule has 0 heterocycles. The van der Waals surface area contributed by atoms with Crippen molar-refractivity contribution in [1.82, 2.24) is 0 Å². The van der Waals surface area contributed by atoms with Crippen LogP contribution in [-0.2, 0) is 9.47 Å². The van der Waals surface area contributed by atoms with Gasteiger partial charge in [-0.25, -0.2) is 8.78 Å². The van der Waals surface area contributed by atoms with Crippen molar-refractivity contribution >= 4 is 0 Å². The first-order chi connectivity index (χ1) is 12.5. The molecule has 1 aromatic carbocycles. The highest BCUT2D eigenvalue weighted by Crippen LogP contribution is 2.29. The third-order valence-corrected chi connectivity index (χ3v) is 4.09. The first kappa shape index (κ1) is 20.4. The number of methoxy groups -OCH3 is 1. The molecule has 0 aliphatic heterocycles. The van der Waals surface area contributed by atoms with E-state index in [2.05, 4.69) is 10.0 Å². The van der Waals surface area contributed by atoms with Crippen LogP contribution in [0.1, 0.15) is 19.3 Å². The van der Waals surface area contributed by atoms with Gasteiger partial charge in [0.2, 0.25) is 0 Å². The van der Waals surface area contributed by atoms with Gasteiger partial charge in [-0.05, 0) is 24.3 Å². The van der Waals surface area contributed by atoms with Crippen LogP contribution in [0, 0.1) is 17.6 Å². The molecule has 1 fully saturated rings. The van der Waals surface area contributed by atoms with E-state index in [1.807, 2.05) is 0 Å². The average Bonchev–Trinajstić information content (AvgIpc) is 3.41. The Hall–Kier alpha value is -1.93. The summed E-state index contributed by atoms with van der Waals surface area (Å²) >= 11 is 0. The third kappa shape index (κ3) is 7.13. The molecule has 2 rings (SSSR count). The van der Waals surface area contributed by atoms with Crippen LogP contribution in [0.15, 0.2) is 23.3 Å². The quantitative estimate of drug-likeness (QED) is 0.347. The fourth-order valence-electron chi connectivity index (χ4n) is 2.39. The van der Waals surface area contributed by atoms with E-state index >= 15 is 0 Å². The van der Waals surface area contributed by atoms with Gasteiger partial charge in [-0.15, -0.1) is 0 Å². The van der Waals surface area contributed by atoms with Gasteiger partial charge >= 0.3 is 0 Å². The summed E-state index contributed by atoms with van der Waals surface area (Å²) < 4.78 is 42.5. The summed E-state index contributed by atoms with van der Waals surface area (Å²) in [5.41, 5.74) is 8.69. The average molecular weight is 371 g/mol. The second-order valence-electron chi connectivity index (χ2n) is 6.33. The molecule has 3 atom stereocenters. The van der Waals surface area contributed by atoms with Gasteiger partial charge in [0.05, 0.1) is 31.5 Å². The highest BCUT2D eigenvalue weighted by atomic mass is 19.1. The van der Waals surface area contributed by atoms with Crippen LogP contribution >= 0.6 is 0 Å². The molecule has 9 heteroatoms. The van der Waals surface area contributed by atoms with Gasteiger partial charge in [0, 0.05) is 43.2 Å². The Bertz CT molecular complexity index is 604. The molecule has 1 N–H and O–H groups in total. The molecular weight excluding hydrogens is 348 g/mol. The van der Waals surface area contributed by atoms with Crippen LogP contribution in [0.25, 0.3) is 10.4 Å². The van der Waals surface area contributed by atoms with E-state index in [-0.39, 0.29) is 24.9 Å². The second kappa shape index (κ2) is 10.3. The minimum atomic E-state index is -1.06. The summed E-state index contributed by atoms with van der Waals surface area (Å²) in [5, 5.41) is 13.8. The van der Waals surface area contributed by atoms with Crippen molar-refractivity contribution in [1.29, 1.82) is 0 Å². The normalized spacial score (nSPS) is 17.2. The van der Waals surface area contributed by atoms with Crippen LogP contribution in [0.3, 0.4) is 0 Å². The Kier molecular flexibility index (Phi) is 8.06. The number of rotatable bonds is 12. The molecule has 0 bridgehead atoms. The van der Waals surface area contributed by atoms with Crippen molar-refractivity contribution in [3.63, 3.8) is 0 Å². The number of halogens is 2. The minimum Gasteiger partial charge on any atom is -0.493 e. The first-order valence-corrected chi connectivity index (χ1v) is 8.43. The van der Waals surface area contributed by atoms with Crippen molar-refractivity contribution in [2.45, 2.75) is 37.5 Å². The van der Waals surface area contributed by atoms with Crippen LogP contribution in [0.5, 0.6) is 5.75 Å². The number of azide groups is 1. The van der Waals surface area contributed by atoms with Crippen molar-refractivity contribution in [3.05, 3.63) is 40.3 Å². The van der Waals surface area contributed by atoms with Gasteiger partial charge in [-0.1, -0.05) is 5.11 Å². The maximum absolute atomic E-state index is 13.2. The number of aliphatic hydroxyl groups is 1. The monoisotopic (exact) mass is 371 g/mol. The van der Waals surface area contributed by atoms with Crippen LogP contribution in [-0.4, -0.2) is 50.3 Å². The standard InChI is InChI=1S/C17H23F2N3O4/c1-24-15(9-25-8-11-2-3-11)7-17(23)16(21-22-20)10-26-14-5-12(18)4-13(19)6-14/h4-6,11,15-17,23H,2-3,7-10H2,1H3/t15-,16+,17+/m1/s1. The van der Waals surface area contributed by atoms with Gasteiger partial charge in [-0.3, -0.25) is 0 Å². The molecule has 144 valence electrons. The fraction of sp³-hybridized carbons (Fsp3) is 0.647. The van der Waals surface area contributed by atoms with Crippen LogP contribution in [0.4, 0.5) is 8.78 Å². The Labute approximate surface area is 150 Å². The number of nitrogens with zero attached hydrogens (tertiary/aromatic N) is 3. The van der Waals surface area contributed by atoms with Gasteiger partial charge < -0.3 is 19.3 Å². The minimum absolute atomic E-state index is 0.0519. The van der Waals surface area contributed by atoms with Crippen molar-refractivity contribution in [2.75, 3.05) is 26.9 Å². The third-order valence-electron chi connectivity index (χ3n) is 4.09. The zero-order chi connectivity index (χ0) is 18.9. The number of hydrogen-bond donors (Lipinski definition) is 1. The Morgan fingerprint density at radius 3 is 2.54 bits per heavy atom. The number of aliphatic hydroxyl groups excluding tert-OH is 1. The fourth-order valence-corrected chi connectivity index (χ4v) is 2.39. The molecule has 1 saturated carbocycles. The smallest absolute Gasteiger partial charge is 0.129 e. The lowest BCUT2D eigenvalue weighted by atomic mass is 10.1. The highest BCUT2D eigenvalue weighted by molar-refractivity contribution is 5.23. The molecule has 7 nitrogen and oxygen atoms in total. The summed E-state index contributed by atoms with van der Waals surface area (Å²) in [5.74, 6) is -1.00. The zero-order valence-corrected chi connectivity index (χ0v) is 14.6. The maximum Gasteiger partial charge on any atom is 0.129 e. The molecule has 0 amide bonds. The van der Waals surface area contributed by atoms with Gasteiger partial charge in [0.15, 0.2) is 0 Å². The maximum atomic E-state index is 13.2. The molecule has 0 unspecified atom stereocenters. The predicted molar refractivity (Wildman–Crippen MR) is 89.8 cm³/mol. The second-order valence-corrected chi connectivity index (χ2v) is 6.33. The molecular formula is C17H23F2N3O4. The molecule has 26 heavy (non-hydrogen) atoms. The topological polar surface area (TPSA) is 96.7 Å². The van der Waals surface area contributed by atoms with E-state index in [0.29, 0.717) is 19.1 Å². The van der Waals surface area contributed by atoms with Crippen molar-refractivity contribution < 1.29 is 28.1 Å². The number of hydrogen-bond acceptors (Lipinski definition) is 5. The molecule has 0 aromatic heterocycles. The van der Waals surface area contributed by atoms with Gasteiger partial charge in [0.25, 0.3) is 0 Å². The largest absolute Gasteiger partial charge is 0.493 e. The molecule has 0 saturated heterocycles. The zero-order valence-electron chi connectivity index (χ0n) is 14.6. The van der Waals surface area contributed by atoms with E-state index in [4.69, 9.17) is 19.7 Å². The van der Waals surface area contributed by atoms with Crippen molar-refractivity contribution in [3.8, 4) is 5.75 Å². The predicted octanol–water partition coefficient (Wildman–Crippen LogP) is 3.22. The summed E-state index contributed by atoms with van der Waals surface area (Å²) in [6.07, 6.45) is 1.10. The highest BCUT2D eigenvalue weighted by Gasteiger charge is 2.25. The SMILES string of the molecule is CO[C@@H](COCC1CC1)C[C@H](O)[C@H](COc1cc(F)cc(F)c1)N=[N+]=[N-]. The van der Waals surface area contributed by atoms with E-state index in [1.54, 1.807) is 0 Å². The van der Waals surface area contributed by atoms with E-state index < -0.39 is 23.8 Å². The van der Waals surface area contributed by atoms with Gasteiger partial charge in [0.1, 0.15) is 17.4 Å². The van der Waals surface area contributed by atoms with E-state index in [9.17, 15) is 13.9 Å². The summed E-state index contributed by atoms with van der Waals surface area (Å²) in [4.78, 5) is 2.70. The lowest BCUT2D eigenvalue weighted by Gasteiger charge is -2.23. The molecule has 1 aliphatic rings. The Morgan fingerprint density at radius 2 is 1.96 bits per heavy atom.